The number of hydrogen-bond acceptors (Lipinski definition) is 6. The quantitative estimate of drug-likeness (QED) is 0.348. The maximum Gasteiger partial charge on any atom is 0.115 e. The van der Waals surface area contributed by atoms with Gasteiger partial charge in [-0.05, 0) is 16.7 Å². The molecule has 6 nitrogen and oxygen atoms in total. The molecular formula is C27H32O6. The smallest absolute Gasteiger partial charge is 0.115 e. The Morgan fingerprint density at radius 2 is 1.06 bits per heavy atom. The van der Waals surface area contributed by atoms with Crippen molar-refractivity contribution in [3.63, 3.8) is 0 Å². The number of ether oxygens (including phenoxy) is 3. The highest BCUT2D eigenvalue weighted by Crippen LogP contribution is 2.17. The van der Waals surface area contributed by atoms with Gasteiger partial charge in [-0.2, -0.15) is 0 Å². The van der Waals surface area contributed by atoms with Crippen LogP contribution in [0.25, 0.3) is 0 Å². The number of aliphatic hydroxyl groups is 3. The molecule has 3 aromatic rings. The zero-order valence-electron chi connectivity index (χ0n) is 18.6. The lowest BCUT2D eigenvalue weighted by atomic mass is 10.0. The molecule has 0 bridgehead atoms. The van der Waals surface area contributed by atoms with E-state index in [-0.39, 0.29) is 19.8 Å². The Morgan fingerprint density at radius 1 is 0.606 bits per heavy atom. The molecule has 0 aliphatic heterocycles. The van der Waals surface area contributed by atoms with E-state index in [2.05, 4.69) is 0 Å². The number of rotatable bonds is 14. The predicted octanol–water partition coefficient (Wildman–Crippen LogP) is 3.09. The minimum absolute atomic E-state index is 0.0394. The third-order valence-corrected chi connectivity index (χ3v) is 5.27. The van der Waals surface area contributed by atoms with Crippen molar-refractivity contribution < 1.29 is 29.5 Å². The molecule has 3 aromatic carbocycles. The fourth-order valence-corrected chi connectivity index (χ4v) is 3.42. The van der Waals surface area contributed by atoms with E-state index < -0.39 is 31.0 Å². The largest absolute Gasteiger partial charge is 0.394 e. The van der Waals surface area contributed by atoms with Gasteiger partial charge in [0.05, 0.1) is 33.0 Å². The van der Waals surface area contributed by atoms with E-state index in [0.29, 0.717) is 6.61 Å². The van der Waals surface area contributed by atoms with Gasteiger partial charge in [-0.15, -0.1) is 0 Å². The molecule has 4 unspecified atom stereocenters. The van der Waals surface area contributed by atoms with Gasteiger partial charge in [-0.25, -0.2) is 0 Å². The molecule has 0 amide bonds. The highest BCUT2D eigenvalue weighted by molar-refractivity contribution is 5.15. The highest BCUT2D eigenvalue weighted by Gasteiger charge is 2.34. The SMILES string of the molecule is OCC(OCc1ccccc1)C(O)C(OCc1ccccc1)C(O)COCc1ccccc1. The first-order chi connectivity index (χ1) is 16.2. The van der Waals surface area contributed by atoms with E-state index in [1.165, 1.54) is 0 Å². The number of benzene rings is 3. The van der Waals surface area contributed by atoms with Crippen molar-refractivity contribution in [1.29, 1.82) is 0 Å². The monoisotopic (exact) mass is 452 g/mol. The summed E-state index contributed by atoms with van der Waals surface area (Å²) in [7, 11) is 0. The average molecular weight is 453 g/mol. The summed E-state index contributed by atoms with van der Waals surface area (Å²) in [5.41, 5.74) is 2.79. The lowest BCUT2D eigenvalue weighted by Gasteiger charge is -2.32. The van der Waals surface area contributed by atoms with E-state index >= 15 is 0 Å². The zero-order chi connectivity index (χ0) is 23.3. The minimum Gasteiger partial charge on any atom is -0.394 e. The fraction of sp³-hybridized carbons (Fsp3) is 0.333. The zero-order valence-corrected chi connectivity index (χ0v) is 18.6. The third kappa shape index (κ3) is 8.37. The lowest BCUT2D eigenvalue weighted by molar-refractivity contribution is -0.172. The molecule has 0 radical (unpaired) electrons. The highest BCUT2D eigenvalue weighted by atomic mass is 16.5. The summed E-state index contributed by atoms with van der Waals surface area (Å²) >= 11 is 0. The van der Waals surface area contributed by atoms with Crippen molar-refractivity contribution >= 4 is 0 Å². The van der Waals surface area contributed by atoms with Crippen molar-refractivity contribution in [2.75, 3.05) is 13.2 Å². The second-order valence-electron chi connectivity index (χ2n) is 7.84. The Bertz CT molecular complexity index is 890. The van der Waals surface area contributed by atoms with Gasteiger partial charge >= 0.3 is 0 Å². The van der Waals surface area contributed by atoms with Crippen LogP contribution in [0.2, 0.25) is 0 Å². The second kappa shape index (κ2) is 13.9. The Morgan fingerprint density at radius 3 is 1.55 bits per heavy atom. The topological polar surface area (TPSA) is 88.4 Å². The van der Waals surface area contributed by atoms with Gasteiger partial charge in [0.15, 0.2) is 0 Å². The van der Waals surface area contributed by atoms with Crippen LogP contribution < -0.4 is 0 Å². The lowest BCUT2D eigenvalue weighted by Crippen LogP contribution is -2.49. The maximum atomic E-state index is 11.0. The van der Waals surface area contributed by atoms with E-state index in [1.54, 1.807) is 0 Å². The van der Waals surface area contributed by atoms with Crippen LogP contribution >= 0.6 is 0 Å². The summed E-state index contributed by atoms with van der Waals surface area (Å²) in [5.74, 6) is 0. The van der Waals surface area contributed by atoms with Gasteiger partial charge in [0.1, 0.15) is 24.4 Å². The molecule has 0 aliphatic carbocycles. The molecule has 0 aliphatic rings. The molecule has 0 heterocycles. The van der Waals surface area contributed by atoms with E-state index in [0.717, 1.165) is 16.7 Å². The first kappa shape index (κ1) is 25.1. The summed E-state index contributed by atoms with van der Waals surface area (Å²) in [6.45, 7) is 0.274. The Balaban J connectivity index is 1.62. The van der Waals surface area contributed by atoms with Gasteiger partial charge in [0, 0.05) is 0 Å². The van der Waals surface area contributed by atoms with Gasteiger partial charge in [0.2, 0.25) is 0 Å². The molecule has 0 fully saturated rings. The third-order valence-electron chi connectivity index (χ3n) is 5.27. The van der Waals surface area contributed by atoms with Crippen molar-refractivity contribution in [1.82, 2.24) is 0 Å². The van der Waals surface area contributed by atoms with Gasteiger partial charge in [-0.1, -0.05) is 91.0 Å². The maximum absolute atomic E-state index is 11.0. The Kier molecular flexibility index (Phi) is 10.5. The minimum atomic E-state index is -1.27. The summed E-state index contributed by atoms with van der Waals surface area (Å²) in [5, 5.41) is 31.7. The summed E-state index contributed by atoms with van der Waals surface area (Å²) < 4.78 is 17.3. The van der Waals surface area contributed by atoms with Crippen molar-refractivity contribution in [2.45, 2.75) is 44.2 Å². The molecule has 4 atom stereocenters. The molecular weight excluding hydrogens is 420 g/mol. The molecule has 33 heavy (non-hydrogen) atoms. The van der Waals surface area contributed by atoms with Crippen molar-refractivity contribution in [3.8, 4) is 0 Å². The van der Waals surface area contributed by atoms with Crippen molar-refractivity contribution in [3.05, 3.63) is 108 Å². The van der Waals surface area contributed by atoms with Crippen LogP contribution in [0.4, 0.5) is 0 Å². The first-order valence-corrected chi connectivity index (χ1v) is 11.1. The van der Waals surface area contributed by atoms with E-state index in [9.17, 15) is 15.3 Å². The van der Waals surface area contributed by atoms with E-state index in [4.69, 9.17) is 14.2 Å². The first-order valence-electron chi connectivity index (χ1n) is 11.1. The molecule has 6 heteroatoms. The van der Waals surface area contributed by atoms with Gasteiger partial charge < -0.3 is 29.5 Å². The summed E-state index contributed by atoms with van der Waals surface area (Å²) in [6.07, 6.45) is -4.34. The predicted molar refractivity (Wildman–Crippen MR) is 125 cm³/mol. The molecule has 3 rings (SSSR count). The second-order valence-corrected chi connectivity index (χ2v) is 7.84. The number of hydrogen-bond donors (Lipinski definition) is 3. The van der Waals surface area contributed by atoms with Gasteiger partial charge in [-0.3, -0.25) is 0 Å². The molecule has 3 N–H and O–H groups in total. The van der Waals surface area contributed by atoms with Crippen LogP contribution in [-0.4, -0.2) is 52.9 Å². The van der Waals surface area contributed by atoms with Crippen LogP contribution in [0.15, 0.2) is 91.0 Å². The molecule has 0 saturated carbocycles. The van der Waals surface area contributed by atoms with Gasteiger partial charge in [0.25, 0.3) is 0 Å². The average Bonchev–Trinajstić information content (AvgIpc) is 2.86. The normalized spacial score (nSPS) is 15.0. The summed E-state index contributed by atoms with van der Waals surface area (Å²) in [4.78, 5) is 0. The van der Waals surface area contributed by atoms with Crippen LogP contribution in [0, 0.1) is 0 Å². The van der Waals surface area contributed by atoms with Crippen LogP contribution in [-0.2, 0) is 34.0 Å². The fourth-order valence-electron chi connectivity index (χ4n) is 3.42. The Hall–Kier alpha value is -2.58. The van der Waals surface area contributed by atoms with E-state index in [1.807, 2.05) is 91.0 Å². The molecule has 0 saturated heterocycles. The molecule has 0 spiro atoms. The summed E-state index contributed by atoms with van der Waals surface area (Å²) in [6, 6.07) is 28.6. The standard InChI is InChI=1S/C27H32O6/c28-16-25(32-18-22-12-6-2-7-13-22)26(30)27(33-19-23-14-8-3-9-15-23)24(29)20-31-17-21-10-4-1-5-11-21/h1-15,24-30H,16-20H2. The van der Waals surface area contributed by atoms with Crippen LogP contribution in [0.3, 0.4) is 0 Å². The molecule has 176 valence electrons. The van der Waals surface area contributed by atoms with Crippen LogP contribution in [0.1, 0.15) is 16.7 Å². The number of aliphatic hydroxyl groups excluding tert-OH is 3. The molecule has 0 aromatic heterocycles. The Labute approximate surface area is 195 Å². The van der Waals surface area contributed by atoms with Crippen molar-refractivity contribution in [2.24, 2.45) is 0 Å². The van der Waals surface area contributed by atoms with Crippen LogP contribution in [0.5, 0.6) is 0 Å².